The van der Waals surface area contributed by atoms with E-state index in [1.807, 2.05) is 0 Å². The van der Waals surface area contributed by atoms with E-state index in [-0.39, 0.29) is 0 Å². The molecule has 3 nitrogen and oxygen atoms in total. The molecule has 0 aliphatic rings. The lowest BCUT2D eigenvalue weighted by molar-refractivity contribution is 0.136. The van der Waals surface area contributed by atoms with E-state index in [0.717, 1.165) is 45.8 Å². The molecule has 3 heteroatoms. The predicted molar refractivity (Wildman–Crippen MR) is 52.5 cm³/mol. The highest BCUT2D eigenvalue weighted by molar-refractivity contribution is 4.49. The molecule has 12 heavy (non-hydrogen) atoms. The number of rotatable bonds is 9. The van der Waals surface area contributed by atoms with Gasteiger partial charge in [0.25, 0.3) is 0 Å². The Bertz CT molecular complexity index is 68.9. The van der Waals surface area contributed by atoms with Crippen molar-refractivity contribution in [3.8, 4) is 0 Å². The molecule has 0 aromatic heterocycles. The summed E-state index contributed by atoms with van der Waals surface area (Å²) < 4.78 is 5.31. The van der Waals surface area contributed by atoms with Crippen LogP contribution in [0.2, 0.25) is 0 Å². The Morgan fingerprint density at radius 2 is 1.67 bits per heavy atom. The highest BCUT2D eigenvalue weighted by atomic mass is 16.5. The molecule has 0 aliphatic heterocycles. The molecule has 2 N–H and O–H groups in total. The highest BCUT2D eigenvalue weighted by Gasteiger charge is 1.86. The van der Waals surface area contributed by atoms with Gasteiger partial charge in [-0.3, -0.25) is 0 Å². The predicted octanol–water partition coefficient (Wildman–Crippen LogP) is 0.612. The minimum Gasteiger partial charge on any atom is -0.380 e. The molecular formula is C9H22N2O. The minimum atomic E-state index is 0.833. The lowest BCUT2D eigenvalue weighted by atomic mass is 10.5. The molecule has 0 aromatic rings. The van der Waals surface area contributed by atoms with Crippen molar-refractivity contribution >= 4 is 0 Å². The zero-order valence-corrected chi connectivity index (χ0v) is 8.36. The van der Waals surface area contributed by atoms with Gasteiger partial charge in [-0.2, -0.15) is 0 Å². The Labute approximate surface area is 75.9 Å². The van der Waals surface area contributed by atoms with E-state index in [1.54, 1.807) is 0 Å². The molecule has 0 heterocycles. The van der Waals surface area contributed by atoms with E-state index >= 15 is 0 Å². The number of hydrogen-bond acceptors (Lipinski definition) is 3. The molecule has 0 aromatic carbocycles. The lowest BCUT2D eigenvalue weighted by Gasteiger charge is -2.05. The van der Waals surface area contributed by atoms with E-state index in [1.165, 1.54) is 0 Å². The van der Waals surface area contributed by atoms with Crippen LogP contribution in [0.25, 0.3) is 0 Å². The Balaban J connectivity index is 2.73. The topological polar surface area (TPSA) is 33.3 Å². The summed E-state index contributed by atoms with van der Waals surface area (Å²) in [4.78, 5) is 0. The third kappa shape index (κ3) is 9.88. The zero-order chi connectivity index (χ0) is 9.07. The summed E-state index contributed by atoms with van der Waals surface area (Å²) in [6.45, 7) is 10.0. The average molecular weight is 174 g/mol. The average Bonchev–Trinajstić information content (AvgIpc) is 2.10. The molecule has 0 fully saturated rings. The van der Waals surface area contributed by atoms with E-state index < -0.39 is 0 Å². The molecule has 0 radical (unpaired) electrons. The maximum absolute atomic E-state index is 5.31. The Hall–Kier alpha value is -0.120. The summed E-state index contributed by atoms with van der Waals surface area (Å²) >= 11 is 0. The van der Waals surface area contributed by atoms with Crippen molar-refractivity contribution in [2.45, 2.75) is 20.3 Å². The van der Waals surface area contributed by atoms with E-state index in [0.29, 0.717) is 0 Å². The Kier molecular flexibility index (Phi) is 10.8. The fourth-order valence-corrected chi connectivity index (χ4v) is 0.869. The summed E-state index contributed by atoms with van der Waals surface area (Å²) in [5.41, 5.74) is 0. The number of hydrogen-bond donors (Lipinski definition) is 2. The second-order valence-corrected chi connectivity index (χ2v) is 2.72. The first-order valence-corrected chi connectivity index (χ1v) is 4.91. The molecule has 0 unspecified atom stereocenters. The number of ether oxygens (including phenoxy) is 1. The molecule has 74 valence electrons. The summed E-state index contributed by atoms with van der Waals surface area (Å²) in [7, 11) is 0. The van der Waals surface area contributed by atoms with Crippen LogP contribution in [0.3, 0.4) is 0 Å². The van der Waals surface area contributed by atoms with Crippen molar-refractivity contribution in [2.75, 3.05) is 39.4 Å². The van der Waals surface area contributed by atoms with Gasteiger partial charge in [0.2, 0.25) is 0 Å². The summed E-state index contributed by atoms with van der Waals surface area (Å²) in [5, 5.41) is 6.54. The van der Waals surface area contributed by atoms with Gasteiger partial charge in [0.05, 0.1) is 6.61 Å². The first-order valence-electron chi connectivity index (χ1n) is 4.91. The van der Waals surface area contributed by atoms with Gasteiger partial charge in [0.15, 0.2) is 0 Å². The van der Waals surface area contributed by atoms with Crippen LogP contribution in [-0.4, -0.2) is 39.4 Å². The smallest absolute Gasteiger partial charge is 0.0590 e. The number of nitrogens with one attached hydrogen (secondary N) is 2. The Morgan fingerprint density at radius 1 is 0.917 bits per heavy atom. The van der Waals surface area contributed by atoms with Crippen LogP contribution in [0.5, 0.6) is 0 Å². The van der Waals surface area contributed by atoms with Crippen LogP contribution < -0.4 is 10.6 Å². The maximum Gasteiger partial charge on any atom is 0.0590 e. The van der Waals surface area contributed by atoms with Gasteiger partial charge in [-0.15, -0.1) is 0 Å². The van der Waals surface area contributed by atoms with Crippen LogP contribution in [0.15, 0.2) is 0 Å². The molecule has 0 amide bonds. The molecule has 0 saturated carbocycles. The fourth-order valence-electron chi connectivity index (χ4n) is 0.869. The van der Waals surface area contributed by atoms with Crippen LogP contribution in [0.4, 0.5) is 0 Å². The van der Waals surface area contributed by atoms with Crippen molar-refractivity contribution in [3.63, 3.8) is 0 Å². The second kappa shape index (κ2) is 10.9. The zero-order valence-electron chi connectivity index (χ0n) is 8.36. The summed E-state index contributed by atoms with van der Waals surface area (Å²) in [6.07, 6.45) is 1.11. The molecule has 0 aliphatic carbocycles. The first-order chi connectivity index (χ1) is 5.91. The van der Waals surface area contributed by atoms with Crippen molar-refractivity contribution < 1.29 is 4.74 Å². The SMILES string of the molecule is CCCOCCNCCNCC. The van der Waals surface area contributed by atoms with Gasteiger partial charge in [0, 0.05) is 26.2 Å². The fraction of sp³-hybridized carbons (Fsp3) is 1.00. The minimum absolute atomic E-state index is 0.833. The molecule has 0 atom stereocenters. The van der Waals surface area contributed by atoms with Crippen LogP contribution in [0, 0.1) is 0 Å². The first kappa shape index (κ1) is 11.9. The summed E-state index contributed by atoms with van der Waals surface area (Å²) in [5.74, 6) is 0. The van der Waals surface area contributed by atoms with E-state index in [9.17, 15) is 0 Å². The molecule has 0 saturated heterocycles. The van der Waals surface area contributed by atoms with Crippen LogP contribution in [0.1, 0.15) is 20.3 Å². The van der Waals surface area contributed by atoms with Crippen molar-refractivity contribution in [2.24, 2.45) is 0 Å². The molecule has 0 bridgehead atoms. The van der Waals surface area contributed by atoms with Gasteiger partial charge >= 0.3 is 0 Å². The quantitative estimate of drug-likeness (QED) is 0.503. The maximum atomic E-state index is 5.31. The standard InChI is InChI=1S/C9H22N2O/c1-3-8-12-9-7-11-6-5-10-4-2/h10-11H,3-9H2,1-2H3. The molecule has 0 spiro atoms. The lowest BCUT2D eigenvalue weighted by Crippen LogP contribution is -2.29. The molecule has 0 rings (SSSR count). The van der Waals surface area contributed by atoms with Crippen molar-refractivity contribution in [1.82, 2.24) is 10.6 Å². The molecular weight excluding hydrogens is 152 g/mol. The number of likely N-dealkylation sites (N-methyl/N-ethyl adjacent to an activating group) is 1. The Morgan fingerprint density at radius 3 is 2.33 bits per heavy atom. The van der Waals surface area contributed by atoms with Gasteiger partial charge in [-0.05, 0) is 13.0 Å². The van der Waals surface area contributed by atoms with Crippen molar-refractivity contribution in [3.05, 3.63) is 0 Å². The van der Waals surface area contributed by atoms with Gasteiger partial charge in [-0.1, -0.05) is 13.8 Å². The van der Waals surface area contributed by atoms with Gasteiger partial charge < -0.3 is 15.4 Å². The third-order valence-electron chi connectivity index (χ3n) is 1.50. The van der Waals surface area contributed by atoms with Crippen LogP contribution in [-0.2, 0) is 4.74 Å². The second-order valence-electron chi connectivity index (χ2n) is 2.72. The summed E-state index contributed by atoms with van der Waals surface area (Å²) in [6, 6.07) is 0. The van der Waals surface area contributed by atoms with Crippen molar-refractivity contribution in [1.29, 1.82) is 0 Å². The van der Waals surface area contributed by atoms with E-state index in [2.05, 4.69) is 24.5 Å². The normalized spacial score (nSPS) is 10.5. The highest BCUT2D eigenvalue weighted by Crippen LogP contribution is 1.77. The largest absolute Gasteiger partial charge is 0.380 e. The van der Waals surface area contributed by atoms with E-state index in [4.69, 9.17) is 4.74 Å². The monoisotopic (exact) mass is 174 g/mol. The third-order valence-corrected chi connectivity index (χ3v) is 1.50. The van der Waals surface area contributed by atoms with Gasteiger partial charge in [0.1, 0.15) is 0 Å². The van der Waals surface area contributed by atoms with Gasteiger partial charge in [-0.25, -0.2) is 0 Å². The van der Waals surface area contributed by atoms with Crippen LogP contribution >= 0.6 is 0 Å².